The Morgan fingerprint density at radius 1 is 1.32 bits per heavy atom. The second-order valence-corrected chi connectivity index (χ2v) is 6.43. The lowest BCUT2D eigenvalue weighted by atomic mass is 10.0. The molecule has 0 saturated heterocycles. The zero-order chi connectivity index (χ0) is 20.6. The molecule has 2 heterocycles. The maximum absolute atomic E-state index is 13.6. The molecule has 1 aromatic heterocycles. The summed E-state index contributed by atoms with van der Waals surface area (Å²) in [5.74, 6) is -2.86. The van der Waals surface area contributed by atoms with Gasteiger partial charge in [0.2, 0.25) is 0 Å². The topological polar surface area (TPSA) is 132 Å². The van der Waals surface area contributed by atoms with Crippen molar-refractivity contribution in [2.24, 2.45) is 0 Å². The summed E-state index contributed by atoms with van der Waals surface area (Å²) in [5, 5.41) is 23.0. The van der Waals surface area contributed by atoms with E-state index in [9.17, 15) is 23.9 Å². The van der Waals surface area contributed by atoms with Crippen LogP contribution in [0.1, 0.15) is 32.9 Å². The third-order valence-electron chi connectivity index (χ3n) is 4.50. The Hall–Kier alpha value is -3.46. The van der Waals surface area contributed by atoms with Gasteiger partial charge in [-0.1, -0.05) is 0 Å². The van der Waals surface area contributed by atoms with Gasteiger partial charge >= 0.3 is 5.97 Å². The number of anilines is 1. The van der Waals surface area contributed by atoms with Gasteiger partial charge in [-0.3, -0.25) is 9.59 Å². The van der Waals surface area contributed by atoms with Crippen LogP contribution in [-0.4, -0.2) is 45.6 Å². The van der Waals surface area contributed by atoms with Crippen molar-refractivity contribution in [3.05, 3.63) is 52.1 Å². The molecule has 2 amide bonds. The number of aromatic nitrogens is 1. The minimum absolute atomic E-state index is 0.257. The van der Waals surface area contributed by atoms with Crippen molar-refractivity contribution in [2.45, 2.75) is 20.0 Å². The molecule has 0 spiro atoms. The minimum atomic E-state index is -1.71. The Kier molecular flexibility index (Phi) is 5.02. The van der Waals surface area contributed by atoms with Crippen LogP contribution in [0, 0.1) is 19.7 Å². The first-order valence-corrected chi connectivity index (χ1v) is 8.40. The molecule has 0 fully saturated rings. The lowest BCUT2D eigenvalue weighted by Crippen LogP contribution is -2.36. The Bertz CT molecular complexity index is 1020. The van der Waals surface area contributed by atoms with Crippen molar-refractivity contribution in [2.75, 3.05) is 11.9 Å². The second-order valence-electron chi connectivity index (χ2n) is 6.43. The van der Waals surface area contributed by atoms with Crippen molar-refractivity contribution < 1.29 is 29.0 Å². The van der Waals surface area contributed by atoms with Gasteiger partial charge in [0.25, 0.3) is 11.8 Å². The van der Waals surface area contributed by atoms with E-state index in [1.807, 2.05) is 0 Å². The van der Waals surface area contributed by atoms with E-state index in [-0.39, 0.29) is 17.0 Å². The number of hydrogen-bond donors (Lipinski definition) is 5. The Morgan fingerprint density at radius 2 is 2.04 bits per heavy atom. The number of H-pyrrole nitrogens is 1. The Morgan fingerprint density at radius 3 is 2.71 bits per heavy atom. The molecule has 1 aromatic carbocycles. The number of carboxylic acid groups (broad SMARTS) is 1. The summed E-state index contributed by atoms with van der Waals surface area (Å²) in [6.07, 6.45) is -0.176. The highest BCUT2D eigenvalue weighted by Crippen LogP contribution is 2.34. The molecule has 146 valence electrons. The monoisotopic (exact) mass is 387 g/mol. The van der Waals surface area contributed by atoms with E-state index in [1.54, 1.807) is 13.8 Å². The highest BCUT2D eigenvalue weighted by Gasteiger charge is 2.26. The number of carbonyl (C=O) groups excluding carboxylic acids is 2. The molecule has 0 aliphatic carbocycles. The number of aromatic amines is 1. The van der Waals surface area contributed by atoms with Crippen molar-refractivity contribution in [1.29, 1.82) is 0 Å². The minimum Gasteiger partial charge on any atom is -0.479 e. The molecule has 2 aromatic rings. The van der Waals surface area contributed by atoms with Crippen molar-refractivity contribution in [1.82, 2.24) is 10.3 Å². The highest BCUT2D eigenvalue weighted by atomic mass is 19.1. The highest BCUT2D eigenvalue weighted by molar-refractivity contribution is 6.34. The summed E-state index contributed by atoms with van der Waals surface area (Å²) in [6.45, 7) is 2.88. The summed E-state index contributed by atoms with van der Waals surface area (Å²) in [6, 6.07) is 3.98. The number of amides is 2. The molecule has 3 rings (SSSR count). The van der Waals surface area contributed by atoms with E-state index < -0.39 is 30.3 Å². The van der Waals surface area contributed by atoms with Crippen LogP contribution in [-0.2, 0) is 9.59 Å². The lowest BCUT2D eigenvalue weighted by Gasteiger charge is -2.08. The predicted octanol–water partition coefficient (Wildman–Crippen LogP) is 1.44. The molecule has 1 aliphatic heterocycles. The van der Waals surface area contributed by atoms with Crippen LogP contribution in [0.15, 0.2) is 18.2 Å². The molecule has 1 atom stereocenters. The standard InChI is InChI=1S/C19H18FN3O5/c1-8-14(6-12-11-5-10(20)3-4-13(11)23-17(12)25)22-9(2)16(8)18(26)21-7-15(24)19(27)28/h3-6,15,22,24H,7H2,1-2H3,(H,21,26)(H,23,25)(H,27,28)/t15-/m0/s1. The smallest absolute Gasteiger partial charge is 0.334 e. The number of benzene rings is 1. The molecule has 0 saturated carbocycles. The van der Waals surface area contributed by atoms with Gasteiger partial charge in [0.1, 0.15) is 5.82 Å². The molecule has 0 radical (unpaired) electrons. The number of fused-ring (bicyclic) bond motifs is 1. The fraction of sp³-hybridized carbons (Fsp3) is 0.211. The van der Waals surface area contributed by atoms with Gasteiger partial charge in [-0.15, -0.1) is 0 Å². The van der Waals surface area contributed by atoms with E-state index in [0.717, 1.165) is 0 Å². The Labute approximate surface area is 159 Å². The summed E-state index contributed by atoms with van der Waals surface area (Å²) in [5.41, 5.74) is 2.99. The largest absolute Gasteiger partial charge is 0.479 e. The van der Waals surface area contributed by atoms with Gasteiger partial charge in [0.15, 0.2) is 6.10 Å². The molecule has 1 aliphatic rings. The van der Waals surface area contributed by atoms with Crippen LogP contribution in [0.25, 0.3) is 11.6 Å². The van der Waals surface area contributed by atoms with Crippen LogP contribution < -0.4 is 10.6 Å². The molecule has 0 unspecified atom stereocenters. The maximum Gasteiger partial charge on any atom is 0.334 e. The first kappa shape index (κ1) is 19.3. The summed E-state index contributed by atoms with van der Waals surface area (Å²) in [4.78, 5) is 38.3. The van der Waals surface area contributed by atoms with Gasteiger partial charge in [-0.05, 0) is 43.7 Å². The van der Waals surface area contributed by atoms with Crippen LogP contribution in [0.3, 0.4) is 0 Å². The number of hydrogen-bond acceptors (Lipinski definition) is 4. The number of halogens is 1. The summed E-state index contributed by atoms with van der Waals surface area (Å²) in [7, 11) is 0. The van der Waals surface area contributed by atoms with E-state index >= 15 is 0 Å². The Balaban J connectivity index is 1.92. The number of rotatable bonds is 5. The lowest BCUT2D eigenvalue weighted by molar-refractivity contribution is -0.146. The second kappa shape index (κ2) is 7.28. The molecule has 28 heavy (non-hydrogen) atoms. The van der Waals surface area contributed by atoms with E-state index in [1.165, 1.54) is 24.3 Å². The molecule has 5 N–H and O–H groups in total. The quantitative estimate of drug-likeness (QED) is 0.496. The molecule has 9 heteroatoms. The normalized spacial score (nSPS) is 15.3. The maximum atomic E-state index is 13.6. The average Bonchev–Trinajstić information content (AvgIpc) is 3.08. The molecular formula is C19H18FN3O5. The van der Waals surface area contributed by atoms with Crippen LogP contribution >= 0.6 is 0 Å². The van der Waals surface area contributed by atoms with Crippen LogP contribution in [0.2, 0.25) is 0 Å². The van der Waals surface area contributed by atoms with Crippen molar-refractivity contribution >= 4 is 35.1 Å². The number of aliphatic hydroxyl groups excluding tert-OH is 1. The summed E-state index contributed by atoms with van der Waals surface area (Å²) < 4.78 is 13.6. The third kappa shape index (κ3) is 3.52. The first-order chi connectivity index (χ1) is 13.2. The van der Waals surface area contributed by atoms with Crippen molar-refractivity contribution in [3.8, 4) is 0 Å². The fourth-order valence-corrected chi connectivity index (χ4v) is 3.07. The van der Waals surface area contributed by atoms with E-state index in [0.29, 0.717) is 28.2 Å². The number of carbonyl (C=O) groups is 3. The summed E-state index contributed by atoms with van der Waals surface area (Å²) >= 11 is 0. The van der Waals surface area contributed by atoms with Gasteiger partial charge in [-0.2, -0.15) is 0 Å². The van der Waals surface area contributed by atoms with E-state index in [2.05, 4.69) is 15.6 Å². The molecule has 8 nitrogen and oxygen atoms in total. The van der Waals surface area contributed by atoms with Gasteiger partial charge in [0, 0.05) is 22.6 Å². The molecule has 0 bridgehead atoms. The number of aliphatic carboxylic acids is 1. The number of carboxylic acids is 1. The SMILES string of the molecule is Cc1[nH]c(C=C2C(=O)Nc3ccc(F)cc32)c(C)c1C(=O)NC[C@H](O)C(=O)O. The molecular weight excluding hydrogens is 369 g/mol. The first-order valence-electron chi connectivity index (χ1n) is 8.40. The van der Waals surface area contributed by atoms with Crippen LogP contribution in [0.4, 0.5) is 10.1 Å². The van der Waals surface area contributed by atoms with Gasteiger partial charge in [-0.25, -0.2) is 9.18 Å². The van der Waals surface area contributed by atoms with Crippen LogP contribution in [0.5, 0.6) is 0 Å². The van der Waals surface area contributed by atoms with E-state index in [4.69, 9.17) is 5.11 Å². The predicted molar refractivity (Wildman–Crippen MR) is 99.1 cm³/mol. The fourth-order valence-electron chi connectivity index (χ4n) is 3.07. The van der Waals surface area contributed by atoms with Crippen molar-refractivity contribution in [3.63, 3.8) is 0 Å². The van der Waals surface area contributed by atoms with Gasteiger partial charge in [0.05, 0.1) is 17.7 Å². The number of aliphatic hydroxyl groups is 1. The third-order valence-corrected chi connectivity index (χ3v) is 4.50. The zero-order valence-electron chi connectivity index (χ0n) is 15.1. The average molecular weight is 387 g/mol. The number of nitrogens with one attached hydrogen (secondary N) is 3. The van der Waals surface area contributed by atoms with Gasteiger partial charge < -0.3 is 25.8 Å². The number of aryl methyl sites for hydroxylation is 1. The zero-order valence-corrected chi connectivity index (χ0v) is 15.1.